The lowest BCUT2D eigenvalue weighted by molar-refractivity contribution is -0.0605. The Morgan fingerprint density at radius 3 is 2.57 bits per heavy atom. The smallest absolute Gasteiger partial charge is 0.194 e. The van der Waals surface area contributed by atoms with Gasteiger partial charge < -0.3 is 15.0 Å². The Bertz CT molecular complexity index is 836. The Kier molecular flexibility index (Phi) is 10.2. The van der Waals surface area contributed by atoms with Crippen molar-refractivity contribution in [2.75, 3.05) is 31.9 Å². The minimum Gasteiger partial charge on any atom is -0.367 e. The Morgan fingerprint density at radius 2 is 1.90 bits per heavy atom. The number of morpholine rings is 1. The lowest BCUT2D eigenvalue weighted by Crippen LogP contribution is -2.50. The summed E-state index contributed by atoms with van der Waals surface area (Å²) in [6, 6.07) is 15.9. The van der Waals surface area contributed by atoms with Crippen LogP contribution in [-0.4, -0.2) is 53.1 Å². The van der Waals surface area contributed by atoms with Gasteiger partial charge in [0.1, 0.15) is 11.9 Å². The number of halogens is 2. The first-order valence-electron chi connectivity index (χ1n) is 9.94. The van der Waals surface area contributed by atoms with Crippen LogP contribution in [0, 0.1) is 5.82 Å². The van der Waals surface area contributed by atoms with Crippen molar-refractivity contribution in [2.24, 2.45) is 4.99 Å². The highest BCUT2D eigenvalue weighted by molar-refractivity contribution is 14.0. The molecule has 0 amide bonds. The summed E-state index contributed by atoms with van der Waals surface area (Å²) in [7, 11) is -1.07. The van der Waals surface area contributed by atoms with Crippen LogP contribution in [0.25, 0.3) is 0 Å². The molecule has 1 aliphatic heterocycles. The van der Waals surface area contributed by atoms with E-state index in [1.165, 1.54) is 12.1 Å². The summed E-state index contributed by atoms with van der Waals surface area (Å²) in [4.78, 5) is 7.69. The van der Waals surface area contributed by atoms with Crippen LogP contribution in [0.4, 0.5) is 4.39 Å². The fourth-order valence-corrected chi connectivity index (χ4v) is 4.29. The van der Waals surface area contributed by atoms with Gasteiger partial charge in [-0.15, -0.1) is 24.0 Å². The number of guanidine groups is 1. The summed E-state index contributed by atoms with van der Waals surface area (Å²) >= 11 is 0. The molecule has 2 aromatic rings. The standard InChI is InChI=1S/C22H28FN3O2S.HI/c1-3-24-22(25-13-14-29(27)20-7-5-4-6-8-20)26-15-17(2)28-21(16-26)18-9-11-19(23)12-10-18;/h4-12,17,21H,3,13-16H2,1-2H3,(H,24,25);1H. The van der Waals surface area contributed by atoms with Gasteiger partial charge in [-0.3, -0.25) is 9.20 Å². The quantitative estimate of drug-likeness (QED) is 0.339. The van der Waals surface area contributed by atoms with Crippen LogP contribution in [0.5, 0.6) is 0 Å². The Balaban J connectivity index is 0.00000320. The molecular weight excluding hydrogens is 516 g/mol. The SMILES string of the molecule is CCNC(=NCCS(=O)c1ccccc1)N1CC(C)OC(c2ccc(F)cc2)C1.I. The average Bonchev–Trinajstić information content (AvgIpc) is 2.73. The van der Waals surface area contributed by atoms with Crippen LogP contribution in [0.3, 0.4) is 0 Å². The van der Waals surface area contributed by atoms with Gasteiger partial charge in [-0.1, -0.05) is 30.3 Å². The number of rotatable bonds is 6. The second kappa shape index (κ2) is 12.4. The predicted molar refractivity (Wildman–Crippen MR) is 130 cm³/mol. The van der Waals surface area contributed by atoms with Crippen molar-refractivity contribution in [3.63, 3.8) is 0 Å². The maximum Gasteiger partial charge on any atom is 0.194 e. The van der Waals surface area contributed by atoms with E-state index in [2.05, 4.69) is 10.2 Å². The van der Waals surface area contributed by atoms with Crippen molar-refractivity contribution < 1.29 is 13.3 Å². The van der Waals surface area contributed by atoms with Crippen LogP contribution < -0.4 is 5.32 Å². The molecule has 1 aliphatic rings. The van der Waals surface area contributed by atoms with Crippen molar-refractivity contribution >= 4 is 40.7 Å². The van der Waals surface area contributed by atoms with E-state index in [-0.39, 0.29) is 42.0 Å². The van der Waals surface area contributed by atoms with Crippen LogP contribution in [-0.2, 0) is 15.5 Å². The molecule has 0 aromatic heterocycles. The van der Waals surface area contributed by atoms with Gasteiger partial charge in [0.05, 0.1) is 30.0 Å². The normalized spacial score (nSPS) is 20.4. The number of hydrogen-bond acceptors (Lipinski definition) is 3. The minimum absolute atomic E-state index is 0. The van der Waals surface area contributed by atoms with Gasteiger partial charge in [0.2, 0.25) is 0 Å². The van der Waals surface area contributed by atoms with Gasteiger partial charge in [0, 0.05) is 23.7 Å². The van der Waals surface area contributed by atoms with E-state index >= 15 is 0 Å². The molecule has 0 aliphatic carbocycles. The molecule has 0 radical (unpaired) electrons. The molecule has 1 fully saturated rings. The Labute approximate surface area is 197 Å². The zero-order chi connectivity index (χ0) is 20.6. The van der Waals surface area contributed by atoms with E-state index in [9.17, 15) is 8.60 Å². The van der Waals surface area contributed by atoms with Crippen LogP contribution in [0.2, 0.25) is 0 Å². The third-order valence-electron chi connectivity index (χ3n) is 4.68. The molecule has 3 atom stereocenters. The first kappa shape index (κ1) is 24.7. The summed E-state index contributed by atoms with van der Waals surface area (Å²) in [5.41, 5.74) is 0.948. The number of aliphatic imine (C=N–C) groups is 1. The maximum atomic E-state index is 13.3. The van der Waals surface area contributed by atoms with Gasteiger partial charge in [-0.2, -0.15) is 0 Å². The first-order valence-corrected chi connectivity index (χ1v) is 11.3. The topological polar surface area (TPSA) is 53.9 Å². The average molecular weight is 545 g/mol. The molecule has 30 heavy (non-hydrogen) atoms. The second-order valence-electron chi connectivity index (χ2n) is 6.99. The number of hydrogen-bond donors (Lipinski definition) is 1. The number of ether oxygens (including phenoxy) is 1. The lowest BCUT2D eigenvalue weighted by atomic mass is 10.1. The van der Waals surface area contributed by atoms with Gasteiger partial charge in [-0.25, -0.2) is 4.39 Å². The number of nitrogens with zero attached hydrogens (tertiary/aromatic N) is 2. The fraction of sp³-hybridized carbons (Fsp3) is 0.409. The number of nitrogens with one attached hydrogen (secondary N) is 1. The molecule has 3 rings (SSSR count). The molecule has 3 unspecified atom stereocenters. The Morgan fingerprint density at radius 1 is 1.20 bits per heavy atom. The highest BCUT2D eigenvalue weighted by atomic mass is 127. The van der Waals surface area contributed by atoms with Crippen molar-refractivity contribution in [2.45, 2.75) is 31.0 Å². The van der Waals surface area contributed by atoms with Crippen LogP contribution >= 0.6 is 24.0 Å². The second-order valence-corrected chi connectivity index (χ2v) is 8.56. The third kappa shape index (κ3) is 7.02. The Hall–Kier alpha value is -1.52. The van der Waals surface area contributed by atoms with Crippen molar-refractivity contribution in [1.82, 2.24) is 10.2 Å². The third-order valence-corrected chi connectivity index (χ3v) is 6.03. The van der Waals surface area contributed by atoms with Crippen molar-refractivity contribution in [3.8, 4) is 0 Å². The summed E-state index contributed by atoms with van der Waals surface area (Å²) < 4.78 is 31.8. The maximum absolute atomic E-state index is 13.3. The summed E-state index contributed by atoms with van der Waals surface area (Å²) in [5.74, 6) is 1.01. The molecule has 1 heterocycles. The first-order chi connectivity index (χ1) is 14.1. The zero-order valence-electron chi connectivity index (χ0n) is 17.3. The van der Waals surface area contributed by atoms with Crippen LogP contribution in [0.1, 0.15) is 25.5 Å². The summed E-state index contributed by atoms with van der Waals surface area (Å²) in [6.07, 6.45) is -0.136. The molecular formula is C22H29FIN3O2S. The largest absolute Gasteiger partial charge is 0.367 e. The van der Waals surface area contributed by atoms with Crippen molar-refractivity contribution in [1.29, 1.82) is 0 Å². The molecule has 0 spiro atoms. The van der Waals surface area contributed by atoms with Crippen LogP contribution in [0.15, 0.2) is 64.5 Å². The zero-order valence-corrected chi connectivity index (χ0v) is 20.4. The molecule has 0 saturated carbocycles. The van der Waals surface area contributed by atoms with Crippen molar-refractivity contribution in [3.05, 3.63) is 66.0 Å². The molecule has 0 bridgehead atoms. The molecule has 1 saturated heterocycles. The molecule has 164 valence electrons. The minimum atomic E-state index is -1.07. The highest BCUT2D eigenvalue weighted by Crippen LogP contribution is 2.25. The molecule has 2 aromatic carbocycles. The molecule has 1 N–H and O–H groups in total. The monoisotopic (exact) mass is 545 g/mol. The predicted octanol–water partition coefficient (Wildman–Crippen LogP) is 3.98. The van der Waals surface area contributed by atoms with E-state index < -0.39 is 10.8 Å². The summed E-state index contributed by atoms with van der Waals surface area (Å²) in [5, 5.41) is 3.33. The van der Waals surface area contributed by atoms with E-state index in [0.717, 1.165) is 23.0 Å². The van der Waals surface area contributed by atoms with E-state index in [0.29, 0.717) is 25.4 Å². The van der Waals surface area contributed by atoms with Gasteiger partial charge in [-0.05, 0) is 43.7 Å². The van der Waals surface area contributed by atoms with E-state index in [1.54, 1.807) is 12.1 Å². The highest BCUT2D eigenvalue weighted by Gasteiger charge is 2.28. The van der Waals surface area contributed by atoms with Gasteiger partial charge >= 0.3 is 0 Å². The summed E-state index contributed by atoms with van der Waals surface area (Å²) in [6.45, 7) is 6.61. The molecule has 8 heteroatoms. The van der Waals surface area contributed by atoms with E-state index in [1.807, 2.05) is 44.2 Å². The van der Waals surface area contributed by atoms with Gasteiger partial charge in [0.15, 0.2) is 5.96 Å². The molecule has 5 nitrogen and oxygen atoms in total. The van der Waals surface area contributed by atoms with Gasteiger partial charge in [0.25, 0.3) is 0 Å². The number of benzene rings is 2. The fourth-order valence-electron chi connectivity index (χ4n) is 3.34. The lowest BCUT2D eigenvalue weighted by Gasteiger charge is -2.38. The van der Waals surface area contributed by atoms with E-state index in [4.69, 9.17) is 9.73 Å².